The fraction of sp³-hybridized carbons (Fsp3) is 0.462. The largest absolute Gasteiger partial charge is 1.00 e. The molecule has 1 heterocycles. The molecule has 2 rings (SSSR count). The number of hydrogen-bond acceptors (Lipinski definition) is 3. The summed E-state index contributed by atoms with van der Waals surface area (Å²) in [5.41, 5.74) is 0.824. The van der Waals surface area contributed by atoms with Crippen LogP contribution in [0.5, 0.6) is 0 Å². The summed E-state index contributed by atoms with van der Waals surface area (Å²) in [6.07, 6.45) is 4.69. The van der Waals surface area contributed by atoms with Crippen LogP contribution >= 0.6 is 0 Å². The molecule has 19 heavy (non-hydrogen) atoms. The highest BCUT2D eigenvalue weighted by Crippen LogP contribution is 2.16. The van der Waals surface area contributed by atoms with Crippen molar-refractivity contribution in [1.82, 2.24) is 4.90 Å². The molecule has 1 aliphatic heterocycles. The molecule has 0 radical (unpaired) electrons. The van der Waals surface area contributed by atoms with E-state index in [2.05, 4.69) is 4.90 Å². The number of likely N-dealkylation sites (tertiary alicyclic amines) is 1. The minimum absolute atomic E-state index is 0. The van der Waals surface area contributed by atoms with Crippen molar-refractivity contribution < 1.29 is 17.3 Å². The normalized spacial score (nSPS) is 15.3. The number of nitro groups is 1. The molecule has 5 nitrogen and oxygen atoms in total. The standard InChI is InChI=1S/C13H17N3O2.ClH/c14-13(15-9-3-1-2-4-10-15)11-5-7-12(8-6-11)16(17)18;/h5-8,14H,1-4,9-10H2;1H/p-1. The zero-order valence-corrected chi connectivity index (χ0v) is 11.4. The third kappa shape index (κ3) is 3.92. The molecule has 1 aliphatic rings. The number of hydrogen-bond donors (Lipinski definition) is 1. The van der Waals surface area contributed by atoms with E-state index >= 15 is 0 Å². The van der Waals surface area contributed by atoms with Gasteiger partial charge >= 0.3 is 0 Å². The molecule has 0 spiro atoms. The van der Waals surface area contributed by atoms with Gasteiger partial charge in [0.05, 0.1) is 4.92 Å². The van der Waals surface area contributed by atoms with Gasteiger partial charge in [-0.3, -0.25) is 15.5 Å². The first-order chi connectivity index (χ1) is 8.68. The summed E-state index contributed by atoms with van der Waals surface area (Å²) in [5.74, 6) is 0.479. The number of halogens is 1. The maximum Gasteiger partial charge on any atom is 0.269 e. The first kappa shape index (κ1) is 15.4. The Hall–Kier alpha value is -1.62. The SMILES string of the molecule is N=C(c1ccc([N+](=O)[O-])cc1)N1CCCCCC1.[Cl-]. The van der Waals surface area contributed by atoms with Crippen molar-refractivity contribution in [1.29, 1.82) is 5.41 Å². The second kappa shape index (κ2) is 7.09. The molecule has 1 aromatic rings. The summed E-state index contributed by atoms with van der Waals surface area (Å²) in [6.45, 7) is 1.83. The van der Waals surface area contributed by atoms with Crippen LogP contribution in [0.4, 0.5) is 5.69 Å². The Labute approximate surface area is 118 Å². The first-order valence-electron chi connectivity index (χ1n) is 6.27. The van der Waals surface area contributed by atoms with E-state index < -0.39 is 4.92 Å². The van der Waals surface area contributed by atoms with Crippen molar-refractivity contribution >= 4 is 11.5 Å². The van der Waals surface area contributed by atoms with Crippen LogP contribution in [0, 0.1) is 15.5 Å². The van der Waals surface area contributed by atoms with E-state index in [0.29, 0.717) is 5.84 Å². The topological polar surface area (TPSA) is 70.2 Å². The van der Waals surface area contributed by atoms with E-state index in [-0.39, 0.29) is 18.1 Å². The predicted octanol–water partition coefficient (Wildman–Crippen LogP) is -0.200. The van der Waals surface area contributed by atoms with Crippen molar-refractivity contribution in [2.24, 2.45) is 0 Å². The molecule has 0 aliphatic carbocycles. The van der Waals surface area contributed by atoms with Crippen molar-refractivity contribution in [2.75, 3.05) is 13.1 Å². The van der Waals surface area contributed by atoms with Gasteiger partial charge in [0.2, 0.25) is 0 Å². The molecule has 1 fully saturated rings. The molecule has 104 valence electrons. The van der Waals surface area contributed by atoms with Gasteiger partial charge in [0.25, 0.3) is 5.69 Å². The van der Waals surface area contributed by atoms with Crippen LogP contribution in [0.2, 0.25) is 0 Å². The molecule has 1 aromatic carbocycles. The minimum atomic E-state index is -0.417. The molecular formula is C13H17ClN3O2-. The number of benzene rings is 1. The molecule has 0 amide bonds. The summed E-state index contributed by atoms with van der Waals surface area (Å²) in [6, 6.07) is 6.24. The van der Waals surface area contributed by atoms with Crippen molar-refractivity contribution in [3.05, 3.63) is 39.9 Å². The van der Waals surface area contributed by atoms with E-state index in [1.54, 1.807) is 12.1 Å². The van der Waals surface area contributed by atoms with Crippen molar-refractivity contribution in [3.63, 3.8) is 0 Å². The van der Waals surface area contributed by atoms with E-state index in [4.69, 9.17) is 5.41 Å². The Morgan fingerprint density at radius 2 is 1.63 bits per heavy atom. The second-order valence-electron chi connectivity index (χ2n) is 4.55. The lowest BCUT2D eigenvalue weighted by molar-refractivity contribution is -0.384. The van der Waals surface area contributed by atoms with Gasteiger partial charge in [-0.1, -0.05) is 12.8 Å². The summed E-state index contributed by atoms with van der Waals surface area (Å²) in [4.78, 5) is 12.2. The van der Waals surface area contributed by atoms with Crippen LogP contribution in [-0.4, -0.2) is 28.7 Å². The lowest BCUT2D eigenvalue weighted by Gasteiger charge is -2.23. The number of rotatable bonds is 2. The van der Waals surface area contributed by atoms with Gasteiger partial charge in [-0.2, -0.15) is 0 Å². The van der Waals surface area contributed by atoms with Gasteiger partial charge in [-0.25, -0.2) is 0 Å². The van der Waals surface area contributed by atoms with Crippen LogP contribution in [0.25, 0.3) is 0 Å². The summed E-state index contributed by atoms with van der Waals surface area (Å²) < 4.78 is 0. The van der Waals surface area contributed by atoms with Crippen LogP contribution in [0.1, 0.15) is 31.2 Å². The molecule has 0 bridgehead atoms. The second-order valence-corrected chi connectivity index (χ2v) is 4.55. The average molecular weight is 283 g/mol. The third-order valence-electron chi connectivity index (χ3n) is 3.27. The molecular weight excluding hydrogens is 266 g/mol. The quantitative estimate of drug-likeness (QED) is 0.353. The number of non-ortho nitro benzene ring substituents is 1. The zero-order valence-electron chi connectivity index (χ0n) is 10.6. The van der Waals surface area contributed by atoms with Gasteiger partial charge in [-0.15, -0.1) is 0 Å². The van der Waals surface area contributed by atoms with Gasteiger partial charge in [0.1, 0.15) is 5.84 Å². The van der Waals surface area contributed by atoms with E-state index in [1.807, 2.05) is 0 Å². The monoisotopic (exact) mass is 282 g/mol. The van der Waals surface area contributed by atoms with Gasteiger partial charge in [0.15, 0.2) is 0 Å². The average Bonchev–Trinajstić information content (AvgIpc) is 2.67. The molecule has 0 saturated carbocycles. The Morgan fingerprint density at radius 1 is 1.11 bits per heavy atom. The summed E-state index contributed by atoms with van der Waals surface area (Å²) in [7, 11) is 0. The molecule has 0 aromatic heterocycles. The zero-order chi connectivity index (χ0) is 13.0. The highest BCUT2D eigenvalue weighted by atomic mass is 35.5. The maximum absolute atomic E-state index is 10.6. The van der Waals surface area contributed by atoms with E-state index in [1.165, 1.54) is 25.0 Å². The predicted molar refractivity (Wildman–Crippen MR) is 70.0 cm³/mol. The number of nitrogens with one attached hydrogen (secondary N) is 1. The highest BCUT2D eigenvalue weighted by Gasteiger charge is 2.14. The van der Waals surface area contributed by atoms with E-state index in [0.717, 1.165) is 31.5 Å². The highest BCUT2D eigenvalue weighted by molar-refractivity contribution is 5.96. The molecule has 1 saturated heterocycles. The van der Waals surface area contributed by atoms with Gasteiger partial charge in [0, 0.05) is 30.8 Å². The van der Waals surface area contributed by atoms with Gasteiger partial charge in [-0.05, 0) is 25.0 Å². The summed E-state index contributed by atoms with van der Waals surface area (Å²) in [5, 5.41) is 18.7. The van der Waals surface area contributed by atoms with Crippen LogP contribution in [-0.2, 0) is 0 Å². The maximum atomic E-state index is 10.6. The Balaban J connectivity index is 0.00000180. The van der Waals surface area contributed by atoms with Gasteiger partial charge < -0.3 is 17.3 Å². The minimum Gasteiger partial charge on any atom is -1.00 e. The van der Waals surface area contributed by atoms with Crippen molar-refractivity contribution in [3.8, 4) is 0 Å². The fourth-order valence-corrected chi connectivity index (χ4v) is 2.22. The first-order valence-corrected chi connectivity index (χ1v) is 6.27. The van der Waals surface area contributed by atoms with Crippen LogP contribution < -0.4 is 12.4 Å². The van der Waals surface area contributed by atoms with Crippen LogP contribution in [0.15, 0.2) is 24.3 Å². The lowest BCUT2D eigenvalue weighted by atomic mass is 10.1. The Morgan fingerprint density at radius 3 is 2.11 bits per heavy atom. The van der Waals surface area contributed by atoms with Crippen LogP contribution in [0.3, 0.4) is 0 Å². The number of nitro benzene ring substituents is 1. The third-order valence-corrected chi connectivity index (χ3v) is 3.27. The molecule has 0 unspecified atom stereocenters. The Bertz CT molecular complexity index is 440. The molecule has 1 N–H and O–H groups in total. The van der Waals surface area contributed by atoms with Crippen molar-refractivity contribution in [2.45, 2.75) is 25.7 Å². The number of amidine groups is 1. The fourth-order valence-electron chi connectivity index (χ4n) is 2.22. The smallest absolute Gasteiger partial charge is 0.269 e. The molecule has 0 atom stereocenters. The summed E-state index contributed by atoms with van der Waals surface area (Å²) >= 11 is 0. The molecule has 6 heteroatoms. The lowest BCUT2D eigenvalue weighted by Crippen LogP contribution is -3.00. The Kier molecular flexibility index (Phi) is 5.76. The number of nitrogens with zero attached hydrogens (tertiary/aromatic N) is 2. The van der Waals surface area contributed by atoms with E-state index in [9.17, 15) is 10.1 Å².